The highest BCUT2D eigenvalue weighted by Crippen LogP contribution is 2.11. The SMILES string of the molecule is Cc1cc(C(=O)N2CCO[C@H](C)C2)on1. The average molecular weight is 210 g/mol. The molecule has 1 saturated heterocycles. The minimum absolute atomic E-state index is 0.0896. The summed E-state index contributed by atoms with van der Waals surface area (Å²) in [5.74, 6) is 0.201. The molecular weight excluding hydrogens is 196 g/mol. The molecule has 0 aliphatic carbocycles. The maximum Gasteiger partial charge on any atom is 0.292 e. The van der Waals surface area contributed by atoms with Crippen LogP contribution in [0.15, 0.2) is 10.6 Å². The van der Waals surface area contributed by atoms with Gasteiger partial charge in [-0.25, -0.2) is 0 Å². The van der Waals surface area contributed by atoms with Gasteiger partial charge in [-0.05, 0) is 13.8 Å². The van der Waals surface area contributed by atoms with E-state index < -0.39 is 0 Å². The average Bonchev–Trinajstić information content (AvgIpc) is 2.64. The highest BCUT2D eigenvalue weighted by molar-refractivity contribution is 5.91. The third kappa shape index (κ3) is 2.18. The van der Waals surface area contributed by atoms with Crippen LogP contribution < -0.4 is 0 Å². The summed E-state index contributed by atoms with van der Waals surface area (Å²) >= 11 is 0. The number of amides is 1. The molecule has 1 fully saturated rings. The molecule has 1 aliphatic heterocycles. The van der Waals surface area contributed by atoms with Gasteiger partial charge in [0.25, 0.3) is 5.91 Å². The third-order valence-electron chi connectivity index (χ3n) is 2.37. The molecule has 1 aromatic heterocycles. The van der Waals surface area contributed by atoms with Crippen LogP contribution in [0.25, 0.3) is 0 Å². The van der Waals surface area contributed by atoms with Crippen LogP contribution in [-0.4, -0.2) is 41.8 Å². The first-order chi connectivity index (χ1) is 7.16. The van der Waals surface area contributed by atoms with Gasteiger partial charge in [0.05, 0.1) is 18.4 Å². The first-order valence-corrected chi connectivity index (χ1v) is 5.01. The molecule has 0 bridgehead atoms. The van der Waals surface area contributed by atoms with Crippen molar-refractivity contribution in [2.45, 2.75) is 20.0 Å². The summed E-state index contributed by atoms with van der Waals surface area (Å²) in [5, 5.41) is 3.70. The van der Waals surface area contributed by atoms with Crippen molar-refractivity contribution in [1.29, 1.82) is 0 Å². The summed E-state index contributed by atoms with van der Waals surface area (Å²) in [6.07, 6.45) is 0.0896. The molecule has 0 aromatic carbocycles. The van der Waals surface area contributed by atoms with Gasteiger partial charge in [-0.3, -0.25) is 4.79 Å². The monoisotopic (exact) mass is 210 g/mol. The van der Waals surface area contributed by atoms with Gasteiger partial charge in [-0.2, -0.15) is 0 Å². The standard InChI is InChI=1S/C10H14N2O3/c1-7-5-9(15-11-7)10(13)12-3-4-14-8(2)6-12/h5,8H,3-4,6H2,1-2H3/t8-/m1/s1. The lowest BCUT2D eigenvalue weighted by Gasteiger charge is -2.30. The zero-order valence-corrected chi connectivity index (χ0v) is 8.90. The molecule has 2 rings (SSSR count). The highest BCUT2D eigenvalue weighted by Gasteiger charge is 2.24. The molecule has 5 heteroatoms. The number of carbonyl (C=O) groups excluding carboxylic acids is 1. The number of ether oxygens (including phenoxy) is 1. The molecular formula is C10H14N2O3. The van der Waals surface area contributed by atoms with E-state index in [0.29, 0.717) is 25.5 Å². The number of morpholine rings is 1. The summed E-state index contributed by atoms with van der Waals surface area (Å²) in [4.78, 5) is 13.6. The molecule has 0 unspecified atom stereocenters. The Morgan fingerprint density at radius 3 is 3.07 bits per heavy atom. The first kappa shape index (κ1) is 10.2. The Bertz CT molecular complexity index is 361. The van der Waals surface area contributed by atoms with Crippen molar-refractivity contribution >= 4 is 5.91 Å². The zero-order chi connectivity index (χ0) is 10.8. The fourth-order valence-electron chi connectivity index (χ4n) is 1.62. The second kappa shape index (κ2) is 4.02. The molecule has 1 aromatic rings. The molecule has 1 amide bonds. The Balaban J connectivity index is 2.07. The maximum atomic E-state index is 11.9. The van der Waals surface area contributed by atoms with Crippen molar-refractivity contribution in [2.24, 2.45) is 0 Å². The van der Waals surface area contributed by atoms with Crippen LogP contribution in [0.5, 0.6) is 0 Å². The quantitative estimate of drug-likeness (QED) is 0.689. The first-order valence-electron chi connectivity index (χ1n) is 5.01. The number of carbonyl (C=O) groups is 1. The predicted octanol–water partition coefficient (Wildman–Crippen LogP) is 0.844. The Hall–Kier alpha value is -1.36. The van der Waals surface area contributed by atoms with Crippen LogP contribution in [0.2, 0.25) is 0 Å². The van der Waals surface area contributed by atoms with E-state index in [4.69, 9.17) is 9.26 Å². The van der Waals surface area contributed by atoms with Gasteiger partial charge in [0, 0.05) is 19.2 Å². The topological polar surface area (TPSA) is 55.6 Å². The van der Waals surface area contributed by atoms with Crippen molar-refractivity contribution in [2.75, 3.05) is 19.7 Å². The number of aromatic nitrogens is 1. The summed E-state index contributed by atoms with van der Waals surface area (Å²) in [7, 11) is 0. The van der Waals surface area contributed by atoms with Crippen molar-refractivity contribution in [3.63, 3.8) is 0 Å². The lowest BCUT2D eigenvalue weighted by molar-refractivity contribution is -0.0137. The third-order valence-corrected chi connectivity index (χ3v) is 2.37. The fourth-order valence-corrected chi connectivity index (χ4v) is 1.62. The van der Waals surface area contributed by atoms with Crippen LogP contribution in [0, 0.1) is 6.92 Å². The molecule has 1 atom stereocenters. The predicted molar refractivity (Wildman–Crippen MR) is 52.6 cm³/mol. The largest absolute Gasteiger partial charge is 0.375 e. The van der Waals surface area contributed by atoms with Crippen LogP contribution in [-0.2, 0) is 4.74 Å². The number of nitrogens with zero attached hydrogens (tertiary/aromatic N) is 2. The zero-order valence-electron chi connectivity index (χ0n) is 8.90. The van der Waals surface area contributed by atoms with E-state index in [0.717, 1.165) is 5.69 Å². The highest BCUT2D eigenvalue weighted by atomic mass is 16.5. The van der Waals surface area contributed by atoms with E-state index in [1.54, 1.807) is 17.9 Å². The van der Waals surface area contributed by atoms with E-state index in [2.05, 4.69) is 5.16 Å². The van der Waals surface area contributed by atoms with Gasteiger partial charge in [-0.15, -0.1) is 0 Å². The summed E-state index contributed by atoms with van der Waals surface area (Å²) in [6.45, 7) is 5.55. The molecule has 0 radical (unpaired) electrons. The molecule has 2 heterocycles. The maximum absolute atomic E-state index is 11.9. The molecule has 82 valence electrons. The second-order valence-electron chi connectivity index (χ2n) is 3.77. The Morgan fingerprint density at radius 2 is 2.47 bits per heavy atom. The van der Waals surface area contributed by atoms with Gasteiger partial charge in [-0.1, -0.05) is 5.16 Å². The van der Waals surface area contributed by atoms with Crippen LogP contribution in [0.4, 0.5) is 0 Å². The molecule has 5 nitrogen and oxygen atoms in total. The molecule has 1 aliphatic rings. The molecule has 0 saturated carbocycles. The fraction of sp³-hybridized carbons (Fsp3) is 0.600. The smallest absolute Gasteiger partial charge is 0.292 e. The van der Waals surface area contributed by atoms with Crippen molar-refractivity contribution in [3.8, 4) is 0 Å². The van der Waals surface area contributed by atoms with Gasteiger partial charge >= 0.3 is 0 Å². The van der Waals surface area contributed by atoms with Gasteiger partial charge in [0.2, 0.25) is 5.76 Å². The van der Waals surface area contributed by atoms with Crippen LogP contribution in [0.3, 0.4) is 0 Å². The van der Waals surface area contributed by atoms with E-state index in [1.165, 1.54) is 0 Å². The van der Waals surface area contributed by atoms with Crippen LogP contribution >= 0.6 is 0 Å². The second-order valence-corrected chi connectivity index (χ2v) is 3.77. The van der Waals surface area contributed by atoms with E-state index in [-0.39, 0.29) is 12.0 Å². The Labute approximate surface area is 88.0 Å². The van der Waals surface area contributed by atoms with Crippen molar-refractivity contribution in [1.82, 2.24) is 10.1 Å². The molecule has 0 spiro atoms. The number of hydrogen-bond acceptors (Lipinski definition) is 4. The normalized spacial score (nSPS) is 21.7. The lowest BCUT2D eigenvalue weighted by Crippen LogP contribution is -2.44. The number of aryl methyl sites for hydroxylation is 1. The van der Waals surface area contributed by atoms with Gasteiger partial charge in [0.1, 0.15) is 0 Å². The van der Waals surface area contributed by atoms with Gasteiger partial charge in [0.15, 0.2) is 0 Å². The van der Waals surface area contributed by atoms with Crippen molar-refractivity contribution in [3.05, 3.63) is 17.5 Å². The summed E-state index contributed by atoms with van der Waals surface area (Å²) in [5.41, 5.74) is 0.722. The van der Waals surface area contributed by atoms with Gasteiger partial charge < -0.3 is 14.2 Å². The van der Waals surface area contributed by atoms with E-state index >= 15 is 0 Å². The number of hydrogen-bond donors (Lipinski definition) is 0. The van der Waals surface area contributed by atoms with E-state index in [1.807, 2.05) is 6.92 Å². The minimum Gasteiger partial charge on any atom is -0.375 e. The van der Waals surface area contributed by atoms with Crippen molar-refractivity contribution < 1.29 is 14.1 Å². The van der Waals surface area contributed by atoms with Crippen LogP contribution in [0.1, 0.15) is 23.2 Å². The van der Waals surface area contributed by atoms with E-state index in [9.17, 15) is 4.79 Å². The Morgan fingerprint density at radius 1 is 1.67 bits per heavy atom. The lowest BCUT2D eigenvalue weighted by atomic mass is 10.2. The number of rotatable bonds is 1. The summed E-state index contributed by atoms with van der Waals surface area (Å²) in [6, 6.07) is 1.66. The molecule has 15 heavy (non-hydrogen) atoms. The Kier molecular flexibility index (Phi) is 2.73. The minimum atomic E-state index is -0.106. The molecule has 0 N–H and O–H groups in total. The summed E-state index contributed by atoms with van der Waals surface area (Å²) < 4.78 is 10.3.